The number of hydrogen-bond donors (Lipinski definition) is 1. The van der Waals surface area contributed by atoms with Crippen molar-refractivity contribution in [3.63, 3.8) is 0 Å². The van der Waals surface area contributed by atoms with Crippen LogP contribution in [0.4, 0.5) is 4.79 Å². The van der Waals surface area contributed by atoms with E-state index < -0.39 is 6.16 Å². The molecule has 0 aliphatic heterocycles. The number of methoxy groups -OCH3 is 1. The van der Waals surface area contributed by atoms with Crippen LogP contribution in [-0.4, -0.2) is 42.8 Å². The van der Waals surface area contributed by atoms with Crippen LogP contribution in [0, 0.1) is 0 Å². The molecule has 23 heavy (non-hydrogen) atoms. The average molecular weight is 314 g/mol. The van der Waals surface area contributed by atoms with Crippen molar-refractivity contribution in [1.82, 2.24) is 9.88 Å². The van der Waals surface area contributed by atoms with Crippen molar-refractivity contribution >= 4 is 17.1 Å². The summed E-state index contributed by atoms with van der Waals surface area (Å²) in [6, 6.07) is 10.4. The molecular formula is C18H22N2O3. The summed E-state index contributed by atoms with van der Waals surface area (Å²) in [5.74, 6) is 0. The maximum Gasteiger partial charge on any atom is 0.508 e. The molecule has 0 fully saturated rings. The van der Waals surface area contributed by atoms with E-state index in [9.17, 15) is 4.79 Å². The Labute approximate surface area is 136 Å². The van der Waals surface area contributed by atoms with Gasteiger partial charge in [-0.05, 0) is 23.6 Å². The fourth-order valence-electron chi connectivity index (χ4n) is 2.31. The number of aromatic amines is 1. The van der Waals surface area contributed by atoms with Gasteiger partial charge in [0, 0.05) is 30.8 Å². The van der Waals surface area contributed by atoms with E-state index in [1.807, 2.05) is 24.3 Å². The van der Waals surface area contributed by atoms with Gasteiger partial charge >= 0.3 is 6.16 Å². The zero-order chi connectivity index (χ0) is 16.5. The first-order valence-electron chi connectivity index (χ1n) is 7.48. The van der Waals surface area contributed by atoms with Crippen LogP contribution in [0.1, 0.15) is 5.69 Å². The normalized spacial score (nSPS) is 11.2. The summed E-state index contributed by atoms with van der Waals surface area (Å²) in [4.78, 5) is 16.5. The lowest BCUT2D eigenvalue weighted by molar-refractivity contribution is 0.0817. The number of nitrogens with one attached hydrogen (secondary N) is 1. The first-order chi connectivity index (χ1) is 11.2. The van der Waals surface area contributed by atoms with E-state index in [0.29, 0.717) is 0 Å². The van der Waals surface area contributed by atoms with Crippen LogP contribution in [-0.2, 0) is 16.0 Å². The molecule has 5 heteroatoms. The van der Waals surface area contributed by atoms with Gasteiger partial charge < -0.3 is 14.5 Å². The molecule has 0 bridgehead atoms. The fourth-order valence-corrected chi connectivity index (χ4v) is 2.31. The molecule has 1 heterocycles. The van der Waals surface area contributed by atoms with Gasteiger partial charge in [-0.2, -0.15) is 0 Å². The quantitative estimate of drug-likeness (QED) is 0.598. The van der Waals surface area contributed by atoms with E-state index >= 15 is 0 Å². The lowest BCUT2D eigenvalue weighted by atomic mass is 10.2. The predicted molar refractivity (Wildman–Crippen MR) is 91.3 cm³/mol. The van der Waals surface area contributed by atoms with Crippen LogP contribution in [0.3, 0.4) is 0 Å². The molecule has 2 aromatic rings. The largest absolute Gasteiger partial charge is 0.508 e. The van der Waals surface area contributed by atoms with Crippen molar-refractivity contribution in [2.45, 2.75) is 6.54 Å². The minimum atomic E-state index is -0.671. The Morgan fingerprint density at radius 1 is 1.30 bits per heavy atom. The highest BCUT2D eigenvalue weighted by atomic mass is 16.7. The summed E-state index contributed by atoms with van der Waals surface area (Å²) < 4.78 is 9.20. The van der Waals surface area contributed by atoms with Crippen LogP contribution >= 0.6 is 0 Å². The number of carbonyl (C=O) groups is 1. The van der Waals surface area contributed by atoms with Crippen molar-refractivity contribution in [2.24, 2.45) is 0 Å². The molecule has 0 radical (unpaired) electrons. The second kappa shape index (κ2) is 8.80. The minimum Gasteiger partial charge on any atom is -0.438 e. The summed E-state index contributed by atoms with van der Waals surface area (Å²) in [7, 11) is 1.29. The molecule has 0 saturated heterocycles. The Kier molecular flexibility index (Phi) is 6.44. The Morgan fingerprint density at radius 2 is 2.13 bits per heavy atom. The second-order valence-electron chi connectivity index (χ2n) is 5.10. The highest BCUT2D eigenvalue weighted by Gasteiger charge is 2.05. The third-order valence-electron chi connectivity index (χ3n) is 3.36. The topological polar surface area (TPSA) is 54.6 Å². The molecule has 122 valence electrons. The van der Waals surface area contributed by atoms with Gasteiger partial charge in [-0.1, -0.05) is 30.4 Å². The average Bonchev–Trinajstić information content (AvgIpc) is 2.96. The number of para-hydroxylation sites is 1. The monoisotopic (exact) mass is 314 g/mol. The number of hydrogen-bond acceptors (Lipinski definition) is 4. The van der Waals surface area contributed by atoms with Crippen LogP contribution in [0.5, 0.6) is 0 Å². The van der Waals surface area contributed by atoms with Crippen molar-refractivity contribution < 1.29 is 14.3 Å². The molecule has 0 saturated carbocycles. The number of nitrogens with zero attached hydrogens (tertiary/aromatic N) is 1. The van der Waals surface area contributed by atoms with Gasteiger partial charge in [0.25, 0.3) is 0 Å². The summed E-state index contributed by atoms with van der Waals surface area (Å²) in [6.45, 7) is 6.32. The predicted octanol–water partition coefficient (Wildman–Crippen LogP) is 3.50. The molecule has 1 aromatic carbocycles. The Balaban J connectivity index is 1.89. The van der Waals surface area contributed by atoms with Crippen molar-refractivity contribution in [3.05, 3.63) is 60.8 Å². The van der Waals surface area contributed by atoms with Crippen LogP contribution in [0.2, 0.25) is 0 Å². The number of carbonyl (C=O) groups excluding carboxylic acids is 1. The molecular weight excluding hydrogens is 292 g/mol. The van der Waals surface area contributed by atoms with Crippen LogP contribution < -0.4 is 0 Å². The van der Waals surface area contributed by atoms with E-state index in [2.05, 4.69) is 39.4 Å². The van der Waals surface area contributed by atoms with Crippen LogP contribution in [0.25, 0.3) is 10.9 Å². The molecule has 1 N–H and O–H groups in total. The smallest absolute Gasteiger partial charge is 0.438 e. The van der Waals surface area contributed by atoms with Gasteiger partial charge in [0.05, 0.1) is 7.11 Å². The Morgan fingerprint density at radius 3 is 2.87 bits per heavy atom. The standard InChI is InChI=1S/C18H22N2O3/c1-3-10-20(11-6-7-12-23-18(21)22-2)14-16-13-15-8-4-5-9-17(15)19-16/h3-9,13,19H,1,10-12,14H2,2H3/b7-6+. The fraction of sp³-hybridized carbons (Fsp3) is 0.278. The lowest BCUT2D eigenvalue weighted by Gasteiger charge is -2.17. The zero-order valence-electron chi connectivity index (χ0n) is 13.3. The van der Waals surface area contributed by atoms with Gasteiger partial charge in [0.1, 0.15) is 6.61 Å². The molecule has 1 aromatic heterocycles. The zero-order valence-corrected chi connectivity index (χ0v) is 13.3. The number of H-pyrrole nitrogens is 1. The van der Waals surface area contributed by atoms with E-state index in [0.717, 1.165) is 30.8 Å². The maximum atomic E-state index is 10.8. The molecule has 0 aliphatic carbocycles. The van der Waals surface area contributed by atoms with E-state index in [-0.39, 0.29) is 6.61 Å². The lowest BCUT2D eigenvalue weighted by Crippen LogP contribution is -2.23. The number of fused-ring (bicyclic) bond motifs is 1. The molecule has 0 atom stereocenters. The summed E-state index contributed by atoms with van der Waals surface area (Å²) in [5.41, 5.74) is 2.30. The maximum absolute atomic E-state index is 10.8. The molecule has 0 unspecified atom stereocenters. The molecule has 0 aliphatic rings. The summed E-state index contributed by atoms with van der Waals surface area (Å²) >= 11 is 0. The van der Waals surface area contributed by atoms with Gasteiger partial charge in [-0.25, -0.2) is 4.79 Å². The Hall–Kier alpha value is -2.53. The highest BCUT2D eigenvalue weighted by Crippen LogP contribution is 2.15. The first-order valence-corrected chi connectivity index (χ1v) is 7.48. The minimum absolute atomic E-state index is 0.209. The van der Waals surface area contributed by atoms with E-state index in [4.69, 9.17) is 4.74 Å². The second-order valence-corrected chi connectivity index (χ2v) is 5.10. The SMILES string of the molecule is C=CCN(C/C=C/COC(=O)OC)Cc1cc2ccccc2[nH]1. The summed E-state index contributed by atoms with van der Waals surface area (Å²) in [5, 5.41) is 1.21. The van der Waals surface area contributed by atoms with Crippen molar-refractivity contribution in [3.8, 4) is 0 Å². The van der Waals surface area contributed by atoms with Crippen molar-refractivity contribution in [1.29, 1.82) is 0 Å². The molecule has 0 amide bonds. The summed E-state index contributed by atoms with van der Waals surface area (Å²) in [6.07, 6.45) is 4.98. The molecule has 2 rings (SSSR count). The number of rotatable bonds is 8. The van der Waals surface area contributed by atoms with E-state index in [1.54, 1.807) is 6.08 Å². The Bertz CT molecular complexity index is 643. The molecule has 0 spiro atoms. The van der Waals surface area contributed by atoms with E-state index in [1.165, 1.54) is 12.5 Å². The van der Waals surface area contributed by atoms with Crippen LogP contribution in [0.15, 0.2) is 55.1 Å². The number of ether oxygens (including phenoxy) is 2. The number of benzene rings is 1. The molecule has 5 nitrogen and oxygen atoms in total. The van der Waals surface area contributed by atoms with Gasteiger partial charge in [0.2, 0.25) is 0 Å². The third kappa shape index (κ3) is 5.30. The highest BCUT2D eigenvalue weighted by molar-refractivity contribution is 5.80. The van der Waals surface area contributed by atoms with Crippen molar-refractivity contribution in [2.75, 3.05) is 26.8 Å². The van der Waals surface area contributed by atoms with Gasteiger partial charge in [-0.3, -0.25) is 4.90 Å². The third-order valence-corrected chi connectivity index (χ3v) is 3.36. The van der Waals surface area contributed by atoms with Gasteiger partial charge in [-0.15, -0.1) is 6.58 Å². The number of aromatic nitrogens is 1. The first kappa shape index (κ1) is 16.8. The van der Waals surface area contributed by atoms with Gasteiger partial charge in [0.15, 0.2) is 0 Å².